The molecule has 0 unspecified atom stereocenters. The Hall–Kier alpha value is -3.40. The molecule has 2 amide bonds. The van der Waals surface area contributed by atoms with E-state index in [4.69, 9.17) is 0 Å². The van der Waals surface area contributed by atoms with Gasteiger partial charge < -0.3 is 10.2 Å². The van der Waals surface area contributed by atoms with Crippen LogP contribution in [0.25, 0.3) is 0 Å². The summed E-state index contributed by atoms with van der Waals surface area (Å²) in [5, 5.41) is 3.01. The van der Waals surface area contributed by atoms with Crippen LogP contribution >= 0.6 is 0 Å². The number of hydrogen-bond donors (Lipinski definition) is 1. The van der Waals surface area contributed by atoms with Gasteiger partial charge in [0.15, 0.2) is 0 Å². The van der Waals surface area contributed by atoms with Crippen molar-refractivity contribution in [1.82, 2.24) is 10.2 Å². The molecule has 4 rings (SSSR count). The fourth-order valence-corrected chi connectivity index (χ4v) is 3.66. The second-order valence-corrected chi connectivity index (χ2v) is 6.99. The highest BCUT2D eigenvalue weighted by Crippen LogP contribution is 2.32. The van der Waals surface area contributed by atoms with E-state index in [0.717, 1.165) is 22.3 Å². The van der Waals surface area contributed by atoms with Crippen molar-refractivity contribution < 1.29 is 9.59 Å². The van der Waals surface area contributed by atoms with Gasteiger partial charge in [0.05, 0.1) is 6.42 Å². The van der Waals surface area contributed by atoms with E-state index >= 15 is 0 Å². The Kier molecular flexibility index (Phi) is 5.20. The van der Waals surface area contributed by atoms with E-state index in [-0.39, 0.29) is 11.8 Å². The molecule has 0 spiro atoms. The number of hydrogen-bond acceptors (Lipinski definition) is 2. The quantitative estimate of drug-likeness (QED) is 0.746. The molecule has 3 aromatic carbocycles. The molecule has 28 heavy (non-hydrogen) atoms. The molecule has 0 aromatic heterocycles. The third-order valence-electron chi connectivity index (χ3n) is 5.08. The molecule has 3 aromatic rings. The van der Waals surface area contributed by atoms with E-state index in [2.05, 4.69) is 5.32 Å². The molecule has 4 heteroatoms. The smallest absolute Gasteiger partial charge is 0.247 e. The van der Waals surface area contributed by atoms with E-state index in [0.29, 0.717) is 19.5 Å². The maximum atomic E-state index is 13.2. The van der Waals surface area contributed by atoms with Crippen LogP contribution in [0.4, 0.5) is 0 Å². The van der Waals surface area contributed by atoms with Crippen molar-refractivity contribution in [3.05, 3.63) is 107 Å². The average Bonchev–Trinajstić information content (AvgIpc) is 2.74. The first-order chi connectivity index (χ1) is 13.7. The molecule has 0 bridgehead atoms. The Labute approximate surface area is 164 Å². The van der Waals surface area contributed by atoms with Crippen molar-refractivity contribution in [3.8, 4) is 0 Å². The van der Waals surface area contributed by atoms with Gasteiger partial charge in [-0.2, -0.15) is 0 Å². The SMILES string of the molecule is O=C(NCc1ccccc1)[C@H]1c2ccccc2CC(=O)N1Cc1ccccc1. The van der Waals surface area contributed by atoms with Crippen molar-refractivity contribution in [2.45, 2.75) is 25.6 Å². The minimum atomic E-state index is -0.624. The fourth-order valence-electron chi connectivity index (χ4n) is 3.66. The molecule has 0 radical (unpaired) electrons. The van der Waals surface area contributed by atoms with Crippen LogP contribution in [0.1, 0.15) is 28.3 Å². The van der Waals surface area contributed by atoms with Gasteiger partial charge >= 0.3 is 0 Å². The number of carbonyl (C=O) groups excluding carboxylic acids is 2. The maximum Gasteiger partial charge on any atom is 0.247 e. The molecule has 1 atom stereocenters. The Bertz CT molecular complexity index is 970. The number of benzene rings is 3. The third kappa shape index (κ3) is 3.81. The lowest BCUT2D eigenvalue weighted by Gasteiger charge is -2.36. The Morgan fingerprint density at radius 2 is 1.46 bits per heavy atom. The van der Waals surface area contributed by atoms with Crippen molar-refractivity contribution in [2.75, 3.05) is 0 Å². The number of fused-ring (bicyclic) bond motifs is 1. The van der Waals surface area contributed by atoms with Crippen LogP contribution in [0.3, 0.4) is 0 Å². The van der Waals surface area contributed by atoms with E-state index in [9.17, 15) is 9.59 Å². The highest BCUT2D eigenvalue weighted by molar-refractivity contribution is 5.92. The largest absolute Gasteiger partial charge is 0.350 e. The number of rotatable bonds is 5. The normalized spacial score (nSPS) is 15.8. The molecule has 1 aliphatic rings. The lowest BCUT2D eigenvalue weighted by molar-refractivity contribution is -0.142. The summed E-state index contributed by atoms with van der Waals surface area (Å²) in [4.78, 5) is 27.8. The average molecular weight is 370 g/mol. The van der Waals surface area contributed by atoms with E-state index < -0.39 is 6.04 Å². The van der Waals surface area contributed by atoms with E-state index in [1.54, 1.807) is 4.90 Å². The summed E-state index contributed by atoms with van der Waals surface area (Å²) >= 11 is 0. The van der Waals surface area contributed by atoms with Crippen molar-refractivity contribution >= 4 is 11.8 Å². The standard InChI is InChI=1S/C24H22N2O2/c27-22-15-20-13-7-8-14-21(20)23(26(22)17-19-11-5-2-6-12-19)24(28)25-16-18-9-3-1-4-10-18/h1-14,23H,15-17H2,(H,25,28)/t23-/m1/s1. The zero-order valence-corrected chi connectivity index (χ0v) is 15.5. The lowest BCUT2D eigenvalue weighted by Crippen LogP contribution is -2.46. The Balaban J connectivity index is 1.62. The minimum absolute atomic E-state index is 0.0255. The summed E-state index contributed by atoms with van der Waals surface area (Å²) in [6.07, 6.45) is 0.325. The van der Waals surface area contributed by atoms with Crippen LogP contribution in [0.2, 0.25) is 0 Å². The minimum Gasteiger partial charge on any atom is -0.350 e. The molecule has 140 valence electrons. The van der Waals surface area contributed by atoms with Crippen LogP contribution < -0.4 is 5.32 Å². The molecule has 1 heterocycles. The van der Waals surface area contributed by atoms with E-state index in [1.165, 1.54) is 0 Å². The van der Waals surface area contributed by atoms with Crippen molar-refractivity contribution in [1.29, 1.82) is 0 Å². The first-order valence-electron chi connectivity index (χ1n) is 9.45. The summed E-state index contributed by atoms with van der Waals surface area (Å²) in [5.74, 6) is -0.178. The maximum absolute atomic E-state index is 13.2. The van der Waals surface area contributed by atoms with Gasteiger partial charge in [0.25, 0.3) is 0 Å². The lowest BCUT2D eigenvalue weighted by atomic mass is 9.91. The van der Waals surface area contributed by atoms with Gasteiger partial charge in [-0.1, -0.05) is 84.9 Å². The molecule has 0 fully saturated rings. The second-order valence-electron chi connectivity index (χ2n) is 6.99. The van der Waals surface area contributed by atoms with Gasteiger partial charge in [-0.3, -0.25) is 9.59 Å². The molecular weight excluding hydrogens is 348 g/mol. The van der Waals surface area contributed by atoms with Gasteiger partial charge in [-0.25, -0.2) is 0 Å². The van der Waals surface area contributed by atoms with Crippen LogP contribution in [0, 0.1) is 0 Å². The van der Waals surface area contributed by atoms with Gasteiger partial charge in [-0.05, 0) is 22.3 Å². The third-order valence-corrected chi connectivity index (χ3v) is 5.08. The monoisotopic (exact) mass is 370 g/mol. The van der Waals surface area contributed by atoms with Crippen molar-refractivity contribution in [3.63, 3.8) is 0 Å². The van der Waals surface area contributed by atoms with Crippen LogP contribution in [0.5, 0.6) is 0 Å². The summed E-state index contributed by atoms with van der Waals surface area (Å²) in [7, 11) is 0. The van der Waals surface area contributed by atoms with Gasteiger partial charge in [0, 0.05) is 13.1 Å². The highest BCUT2D eigenvalue weighted by atomic mass is 16.2. The number of nitrogens with one attached hydrogen (secondary N) is 1. The molecule has 0 saturated carbocycles. The highest BCUT2D eigenvalue weighted by Gasteiger charge is 2.36. The molecule has 4 nitrogen and oxygen atoms in total. The van der Waals surface area contributed by atoms with Gasteiger partial charge in [0.2, 0.25) is 11.8 Å². The van der Waals surface area contributed by atoms with Gasteiger partial charge in [-0.15, -0.1) is 0 Å². The first-order valence-corrected chi connectivity index (χ1v) is 9.45. The van der Waals surface area contributed by atoms with Crippen molar-refractivity contribution in [2.24, 2.45) is 0 Å². The Morgan fingerprint density at radius 3 is 2.18 bits per heavy atom. The summed E-state index contributed by atoms with van der Waals surface area (Å²) < 4.78 is 0. The summed E-state index contributed by atoms with van der Waals surface area (Å²) in [6, 6.07) is 26.7. The first kappa shape index (κ1) is 18.0. The molecule has 0 saturated heterocycles. The predicted octanol–water partition coefficient (Wildman–Crippen LogP) is 3.63. The predicted molar refractivity (Wildman–Crippen MR) is 108 cm³/mol. The van der Waals surface area contributed by atoms with Gasteiger partial charge in [0.1, 0.15) is 6.04 Å². The number of carbonyl (C=O) groups is 2. The van der Waals surface area contributed by atoms with Crippen LogP contribution in [-0.2, 0) is 29.1 Å². The molecule has 1 N–H and O–H groups in total. The molecular formula is C24H22N2O2. The fraction of sp³-hybridized carbons (Fsp3) is 0.167. The summed E-state index contributed by atoms with van der Waals surface area (Å²) in [5.41, 5.74) is 3.87. The number of amides is 2. The zero-order chi connectivity index (χ0) is 19.3. The topological polar surface area (TPSA) is 49.4 Å². The van der Waals surface area contributed by atoms with Crippen LogP contribution in [-0.4, -0.2) is 16.7 Å². The zero-order valence-electron chi connectivity index (χ0n) is 15.5. The number of nitrogens with zero attached hydrogens (tertiary/aromatic N) is 1. The Morgan fingerprint density at radius 1 is 0.857 bits per heavy atom. The molecule has 1 aliphatic heterocycles. The van der Waals surface area contributed by atoms with E-state index in [1.807, 2.05) is 84.9 Å². The summed E-state index contributed by atoms with van der Waals surface area (Å²) in [6.45, 7) is 0.850. The second kappa shape index (κ2) is 8.09. The molecule has 0 aliphatic carbocycles. The van der Waals surface area contributed by atoms with Crippen LogP contribution in [0.15, 0.2) is 84.9 Å².